The fourth-order valence-corrected chi connectivity index (χ4v) is 3.11. The Kier molecular flexibility index (Phi) is 3.96. The van der Waals surface area contributed by atoms with Gasteiger partial charge in [0.2, 0.25) is 0 Å². The van der Waals surface area contributed by atoms with Crippen LogP contribution in [0.3, 0.4) is 0 Å². The molecule has 1 aliphatic rings. The molecule has 0 amide bonds. The molecule has 100 valence electrons. The monoisotopic (exact) mass is 294 g/mol. The predicted octanol–water partition coefficient (Wildman–Crippen LogP) is 2.51. The fourth-order valence-electron chi connectivity index (χ4n) is 2.23. The lowest BCUT2D eigenvalue weighted by Gasteiger charge is -2.34. The minimum absolute atomic E-state index is 0.756. The number of halogens is 1. The first kappa shape index (κ1) is 12.8. The maximum Gasteiger partial charge on any atom is 0.185 e. The van der Waals surface area contributed by atoms with Crippen molar-refractivity contribution in [3.63, 3.8) is 0 Å². The van der Waals surface area contributed by atoms with E-state index >= 15 is 0 Å². The molecule has 19 heavy (non-hydrogen) atoms. The summed E-state index contributed by atoms with van der Waals surface area (Å²) in [5.74, 6) is 0. The second-order valence-electron chi connectivity index (χ2n) is 4.54. The van der Waals surface area contributed by atoms with Crippen LogP contribution < -0.4 is 4.90 Å². The summed E-state index contributed by atoms with van der Waals surface area (Å²) < 4.78 is 0. The quantitative estimate of drug-likeness (QED) is 0.871. The van der Waals surface area contributed by atoms with Gasteiger partial charge in [0.1, 0.15) is 0 Å². The molecular formula is C13H15ClN4S. The van der Waals surface area contributed by atoms with Crippen LogP contribution in [-0.4, -0.2) is 41.0 Å². The third kappa shape index (κ3) is 3.23. The molecule has 0 unspecified atom stereocenters. The minimum atomic E-state index is 0.756. The Morgan fingerprint density at radius 2 is 2.00 bits per heavy atom. The number of anilines is 1. The van der Waals surface area contributed by atoms with E-state index in [-0.39, 0.29) is 0 Å². The molecule has 4 nitrogen and oxygen atoms in total. The highest BCUT2D eigenvalue weighted by Crippen LogP contribution is 2.19. The van der Waals surface area contributed by atoms with Gasteiger partial charge in [-0.05, 0) is 12.1 Å². The van der Waals surface area contributed by atoms with Crippen molar-refractivity contribution in [3.8, 4) is 0 Å². The summed E-state index contributed by atoms with van der Waals surface area (Å²) in [6.45, 7) is 4.98. The standard InChI is InChI=1S/C13H15ClN4S/c14-11-1-2-15-12(9-11)10-17-4-6-18(7-5-17)13-16-3-8-19-13/h1-3,8-9H,4-7,10H2. The summed E-state index contributed by atoms with van der Waals surface area (Å²) in [7, 11) is 0. The maximum atomic E-state index is 5.98. The zero-order valence-electron chi connectivity index (χ0n) is 10.5. The van der Waals surface area contributed by atoms with Crippen LogP contribution in [0.2, 0.25) is 5.02 Å². The topological polar surface area (TPSA) is 32.3 Å². The number of hydrogen-bond donors (Lipinski definition) is 0. The average molecular weight is 295 g/mol. The Hall–Kier alpha value is -1.17. The van der Waals surface area contributed by atoms with Gasteiger partial charge in [0.05, 0.1) is 5.69 Å². The van der Waals surface area contributed by atoms with Crippen molar-refractivity contribution in [2.24, 2.45) is 0 Å². The first-order valence-corrected chi connectivity index (χ1v) is 7.54. The first-order valence-electron chi connectivity index (χ1n) is 6.28. The molecule has 2 aromatic rings. The van der Waals surface area contributed by atoms with Gasteiger partial charge >= 0.3 is 0 Å². The van der Waals surface area contributed by atoms with Crippen molar-refractivity contribution in [1.82, 2.24) is 14.9 Å². The van der Waals surface area contributed by atoms with E-state index in [1.54, 1.807) is 17.5 Å². The highest BCUT2D eigenvalue weighted by molar-refractivity contribution is 7.13. The third-order valence-electron chi connectivity index (χ3n) is 3.23. The molecule has 0 N–H and O–H groups in total. The molecule has 0 aliphatic carbocycles. The number of aromatic nitrogens is 2. The Morgan fingerprint density at radius 1 is 1.16 bits per heavy atom. The van der Waals surface area contributed by atoms with Crippen LogP contribution in [0.25, 0.3) is 0 Å². The molecule has 1 saturated heterocycles. The summed E-state index contributed by atoms with van der Waals surface area (Å²) in [5.41, 5.74) is 1.04. The van der Waals surface area contributed by atoms with Crippen molar-refractivity contribution in [1.29, 1.82) is 0 Å². The van der Waals surface area contributed by atoms with E-state index in [4.69, 9.17) is 11.6 Å². The maximum absolute atomic E-state index is 5.98. The second-order valence-corrected chi connectivity index (χ2v) is 5.85. The Balaban J connectivity index is 1.56. The molecule has 3 heterocycles. The zero-order chi connectivity index (χ0) is 13.1. The normalized spacial score (nSPS) is 16.8. The van der Waals surface area contributed by atoms with E-state index in [2.05, 4.69) is 19.8 Å². The molecule has 1 aliphatic heterocycles. The Bertz CT molecular complexity index is 523. The van der Waals surface area contributed by atoms with E-state index in [1.807, 2.05) is 23.7 Å². The van der Waals surface area contributed by atoms with Crippen molar-refractivity contribution in [2.45, 2.75) is 6.54 Å². The lowest BCUT2D eigenvalue weighted by molar-refractivity contribution is 0.247. The number of pyridine rings is 1. The van der Waals surface area contributed by atoms with Crippen molar-refractivity contribution >= 4 is 28.1 Å². The summed E-state index contributed by atoms with van der Waals surface area (Å²) in [4.78, 5) is 13.5. The molecule has 0 saturated carbocycles. The molecule has 3 rings (SSSR count). The van der Waals surface area contributed by atoms with E-state index in [9.17, 15) is 0 Å². The molecule has 2 aromatic heterocycles. The van der Waals surface area contributed by atoms with Crippen LogP contribution in [0.1, 0.15) is 5.69 Å². The Labute approximate surface area is 121 Å². The van der Waals surface area contributed by atoms with E-state index in [0.29, 0.717) is 0 Å². The van der Waals surface area contributed by atoms with Gasteiger partial charge in [0, 0.05) is 55.5 Å². The number of thiazole rings is 1. The van der Waals surface area contributed by atoms with Gasteiger partial charge in [-0.1, -0.05) is 11.6 Å². The van der Waals surface area contributed by atoms with Gasteiger partial charge in [-0.25, -0.2) is 4.98 Å². The van der Waals surface area contributed by atoms with Crippen LogP contribution in [0.5, 0.6) is 0 Å². The SMILES string of the molecule is Clc1ccnc(CN2CCN(c3nccs3)CC2)c1. The molecule has 6 heteroatoms. The number of nitrogens with zero attached hydrogens (tertiary/aromatic N) is 4. The van der Waals surface area contributed by atoms with Crippen LogP contribution in [0.15, 0.2) is 29.9 Å². The molecule has 0 atom stereocenters. The molecule has 1 fully saturated rings. The van der Waals surface area contributed by atoms with Crippen LogP contribution in [-0.2, 0) is 6.54 Å². The number of hydrogen-bond acceptors (Lipinski definition) is 5. The van der Waals surface area contributed by atoms with Gasteiger partial charge in [0.25, 0.3) is 0 Å². The van der Waals surface area contributed by atoms with Crippen molar-refractivity contribution in [3.05, 3.63) is 40.6 Å². The Morgan fingerprint density at radius 3 is 2.68 bits per heavy atom. The summed E-state index contributed by atoms with van der Waals surface area (Å²) in [6.07, 6.45) is 3.63. The highest BCUT2D eigenvalue weighted by Gasteiger charge is 2.18. The van der Waals surface area contributed by atoms with Crippen LogP contribution in [0, 0.1) is 0 Å². The molecule has 0 bridgehead atoms. The van der Waals surface area contributed by atoms with E-state index in [0.717, 1.165) is 48.6 Å². The third-order valence-corrected chi connectivity index (χ3v) is 4.29. The minimum Gasteiger partial charge on any atom is -0.346 e. The first-order chi connectivity index (χ1) is 9.31. The largest absolute Gasteiger partial charge is 0.346 e. The predicted molar refractivity (Wildman–Crippen MR) is 78.9 cm³/mol. The van der Waals surface area contributed by atoms with E-state index in [1.165, 1.54) is 0 Å². The van der Waals surface area contributed by atoms with Gasteiger partial charge in [-0.15, -0.1) is 11.3 Å². The lowest BCUT2D eigenvalue weighted by atomic mass is 10.3. The van der Waals surface area contributed by atoms with Crippen LogP contribution >= 0.6 is 22.9 Å². The van der Waals surface area contributed by atoms with Gasteiger partial charge < -0.3 is 4.90 Å². The van der Waals surface area contributed by atoms with Crippen molar-refractivity contribution < 1.29 is 0 Å². The molecule has 0 radical (unpaired) electrons. The summed E-state index contributed by atoms with van der Waals surface area (Å²) in [6, 6.07) is 3.75. The van der Waals surface area contributed by atoms with E-state index < -0.39 is 0 Å². The number of rotatable bonds is 3. The average Bonchev–Trinajstić information content (AvgIpc) is 2.94. The smallest absolute Gasteiger partial charge is 0.185 e. The fraction of sp³-hybridized carbons (Fsp3) is 0.385. The highest BCUT2D eigenvalue weighted by atomic mass is 35.5. The summed E-state index contributed by atoms with van der Waals surface area (Å²) >= 11 is 7.68. The van der Waals surface area contributed by atoms with Gasteiger partial charge in [-0.3, -0.25) is 9.88 Å². The van der Waals surface area contributed by atoms with Gasteiger partial charge in [0.15, 0.2) is 5.13 Å². The molecule has 0 spiro atoms. The van der Waals surface area contributed by atoms with Gasteiger partial charge in [-0.2, -0.15) is 0 Å². The molecular weight excluding hydrogens is 280 g/mol. The zero-order valence-corrected chi connectivity index (χ0v) is 12.1. The molecule has 0 aromatic carbocycles. The summed E-state index contributed by atoms with van der Waals surface area (Å²) in [5, 5.41) is 3.91. The van der Waals surface area contributed by atoms with Crippen LogP contribution in [0.4, 0.5) is 5.13 Å². The number of piperazine rings is 1. The van der Waals surface area contributed by atoms with Crippen molar-refractivity contribution in [2.75, 3.05) is 31.1 Å². The lowest BCUT2D eigenvalue weighted by Crippen LogP contribution is -2.46. The second kappa shape index (κ2) is 5.86.